The van der Waals surface area contributed by atoms with Crippen LogP contribution in [0.4, 0.5) is 5.82 Å². The smallest absolute Gasteiger partial charge is 0.150 e. The van der Waals surface area contributed by atoms with Crippen molar-refractivity contribution in [2.75, 3.05) is 31.1 Å². The molecule has 5 nitrogen and oxygen atoms in total. The first-order chi connectivity index (χ1) is 9.02. The molecule has 0 saturated carbocycles. The molecule has 1 N–H and O–H groups in total. The summed E-state index contributed by atoms with van der Waals surface area (Å²) < 4.78 is 0. The standard InChI is InChI=1S/C14H24N4O/c1-10-7-15-13(4)14(16-10)17-8-11(2)18(5-6-19)12(3)9-17/h7,11-12,19H,5-6,8-9H2,1-4H3/t11-,12+. The summed E-state index contributed by atoms with van der Waals surface area (Å²) in [5, 5.41) is 9.14. The van der Waals surface area contributed by atoms with Crippen molar-refractivity contribution in [3.63, 3.8) is 0 Å². The van der Waals surface area contributed by atoms with E-state index in [9.17, 15) is 0 Å². The van der Waals surface area contributed by atoms with Crippen LogP contribution in [-0.2, 0) is 0 Å². The number of rotatable bonds is 3. The van der Waals surface area contributed by atoms with Crippen molar-refractivity contribution in [2.24, 2.45) is 0 Å². The van der Waals surface area contributed by atoms with Crippen molar-refractivity contribution in [1.82, 2.24) is 14.9 Å². The first-order valence-corrected chi connectivity index (χ1v) is 6.94. The zero-order chi connectivity index (χ0) is 14.0. The zero-order valence-corrected chi connectivity index (χ0v) is 12.3. The number of β-amino-alcohol motifs (C(OH)–C–C–N with tert-alkyl or cyclic N) is 1. The lowest BCUT2D eigenvalue weighted by Crippen LogP contribution is -2.57. The fraction of sp³-hybridized carbons (Fsp3) is 0.714. The van der Waals surface area contributed by atoms with Gasteiger partial charge in [0.2, 0.25) is 0 Å². The molecule has 1 aromatic heterocycles. The number of aryl methyl sites for hydroxylation is 2. The Balaban J connectivity index is 2.17. The maximum atomic E-state index is 9.14. The Morgan fingerprint density at radius 1 is 1.26 bits per heavy atom. The van der Waals surface area contributed by atoms with Crippen LogP contribution in [0.25, 0.3) is 0 Å². The minimum absolute atomic E-state index is 0.220. The first kappa shape index (κ1) is 14.2. The van der Waals surface area contributed by atoms with Crippen LogP contribution in [0.15, 0.2) is 6.20 Å². The number of aliphatic hydroxyl groups excluding tert-OH is 1. The fourth-order valence-electron chi connectivity index (χ4n) is 2.91. The van der Waals surface area contributed by atoms with Crippen molar-refractivity contribution in [3.8, 4) is 0 Å². The van der Waals surface area contributed by atoms with Gasteiger partial charge in [0, 0.05) is 37.9 Å². The van der Waals surface area contributed by atoms with E-state index in [0.29, 0.717) is 12.1 Å². The van der Waals surface area contributed by atoms with E-state index >= 15 is 0 Å². The number of anilines is 1. The summed E-state index contributed by atoms with van der Waals surface area (Å²) >= 11 is 0. The molecule has 2 rings (SSSR count). The molecular weight excluding hydrogens is 240 g/mol. The number of piperazine rings is 1. The maximum Gasteiger partial charge on any atom is 0.150 e. The summed E-state index contributed by atoms with van der Waals surface area (Å²) in [4.78, 5) is 13.7. The second-order valence-corrected chi connectivity index (χ2v) is 5.48. The molecule has 0 aromatic carbocycles. The van der Waals surface area contributed by atoms with Gasteiger partial charge in [-0.2, -0.15) is 0 Å². The van der Waals surface area contributed by atoms with Gasteiger partial charge in [-0.3, -0.25) is 9.88 Å². The molecule has 1 aromatic rings. The molecule has 5 heteroatoms. The van der Waals surface area contributed by atoms with Gasteiger partial charge >= 0.3 is 0 Å². The highest BCUT2D eigenvalue weighted by Crippen LogP contribution is 2.22. The Morgan fingerprint density at radius 2 is 1.89 bits per heavy atom. The highest BCUT2D eigenvalue weighted by molar-refractivity contribution is 5.44. The van der Waals surface area contributed by atoms with Gasteiger partial charge in [0.05, 0.1) is 18.0 Å². The molecule has 1 aliphatic rings. The van der Waals surface area contributed by atoms with E-state index in [1.54, 1.807) is 0 Å². The quantitative estimate of drug-likeness (QED) is 0.882. The second-order valence-electron chi connectivity index (χ2n) is 5.48. The highest BCUT2D eigenvalue weighted by atomic mass is 16.3. The predicted molar refractivity (Wildman–Crippen MR) is 76.4 cm³/mol. The lowest BCUT2D eigenvalue weighted by molar-refractivity contribution is 0.102. The van der Waals surface area contributed by atoms with E-state index in [2.05, 4.69) is 33.6 Å². The van der Waals surface area contributed by atoms with Crippen LogP contribution in [0, 0.1) is 13.8 Å². The van der Waals surface area contributed by atoms with Gasteiger partial charge in [0.25, 0.3) is 0 Å². The molecule has 2 heterocycles. The van der Waals surface area contributed by atoms with E-state index in [0.717, 1.165) is 36.8 Å². The van der Waals surface area contributed by atoms with Gasteiger partial charge < -0.3 is 10.0 Å². The predicted octanol–water partition coefficient (Wildman–Crippen LogP) is 0.985. The SMILES string of the molecule is Cc1cnc(C)c(N2C[C@@H](C)N(CCO)[C@@H](C)C2)n1. The number of nitrogens with zero attached hydrogens (tertiary/aromatic N) is 4. The van der Waals surface area contributed by atoms with E-state index in [4.69, 9.17) is 5.11 Å². The number of hydrogen-bond donors (Lipinski definition) is 1. The fourth-order valence-corrected chi connectivity index (χ4v) is 2.91. The van der Waals surface area contributed by atoms with Crippen LogP contribution in [0.2, 0.25) is 0 Å². The number of aliphatic hydroxyl groups is 1. The normalized spacial score (nSPS) is 24.8. The molecule has 0 unspecified atom stereocenters. The van der Waals surface area contributed by atoms with E-state index in [1.807, 2.05) is 20.0 Å². The lowest BCUT2D eigenvalue weighted by Gasteiger charge is -2.45. The first-order valence-electron chi connectivity index (χ1n) is 6.94. The number of hydrogen-bond acceptors (Lipinski definition) is 5. The van der Waals surface area contributed by atoms with Gasteiger partial charge in [-0.1, -0.05) is 0 Å². The van der Waals surface area contributed by atoms with Crippen molar-refractivity contribution in [1.29, 1.82) is 0 Å². The Kier molecular flexibility index (Phi) is 4.37. The summed E-state index contributed by atoms with van der Waals surface area (Å²) in [6.45, 7) is 11.2. The van der Waals surface area contributed by atoms with Crippen LogP contribution in [0.3, 0.4) is 0 Å². The Labute approximate surface area is 115 Å². The summed E-state index contributed by atoms with van der Waals surface area (Å²) in [6, 6.07) is 0.829. The molecule has 19 heavy (non-hydrogen) atoms. The van der Waals surface area contributed by atoms with Crippen molar-refractivity contribution < 1.29 is 5.11 Å². The average molecular weight is 264 g/mol. The Morgan fingerprint density at radius 3 is 2.47 bits per heavy atom. The minimum Gasteiger partial charge on any atom is -0.395 e. The molecular formula is C14H24N4O. The molecule has 1 saturated heterocycles. The summed E-state index contributed by atoms with van der Waals surface area (Å²) in [5.74, 6) is 1.00. The molecule has 106 valence electrons. The second kappa shape index (κ2) is 5.84. The van der Waals surface area contributed by atoms with Gasteiger partial charge in [-0.05, 0) is 27.7 Å². The molecule has 0 spiro atoms. The molecule has 0 bridgehead atoms. The maximum absolute atomic E-state index is 9.14. The van der Waals surface area contributed by atoms with Gasteiger partial charge in [-0.25, -0.2) is 4.98 Å². The van der Waals surface area contributed by atoms with Gasteiger partial charge in [0.15, 0.2) is 0 Å². The zero-order valence-electron chi connectivity index (χ0n) is 12.3. The van der Waals surface area contributed by atoms with Crippen LogP contribution in [0.1, 0.15) is 25.2 Å². The Hall–Kier alpha value is -1.20. The van der Waals surface area contributed by atoms with Crippen molar-refractivity contribution in [3.05, 3.63) is 17.6 Å². The van der Waals surface area contributed by atoms with E-state index < -0.39 is 0 Å². The molecule has 0 amide bonds. The van der Waals surface area contributed by atoms with Crippen LogP contribution < -0.4 is 4.90 Å². The topological polar surface area (TPSA) is 52.5 Å². The third kappa shape index (κ3) is 3.04. The lowest BCUT2D eigenvalue weighted by atomic mass is 10.1. The van der Waals surface area contributed by atoms with Crippen LogP contribution in [0.5, 0.6) is 0 Å². The monoisotopic (exact) mass is 264 g/mol. The molecule has 0 aliphatic carbocycles. The van der Waals surface area contributed by atoms with Crippen LogP contribution >= 0.6 is 0 Å². The molecule has 1 fully saturated rings. The van der Waals surface area contributed by atoms with Crippen molar-refractivity contribution >= 4 is 5.82 Å². The highest BCUT2D eigenvalue weighted by Gasteiger charge is 2.30. The summed E-state index contributed by atoms with van der Waals surface area (Å²) in [6.07, 6.45) is 1.81. The van der Waals surface area contributed by atoms with Gasteiger partial charge in [0.1, 0.15) is 5.82 Å². The summed E-state index contributed by atoms with van der Waals surface area (Å²) in [7, 11) is 0. The third-order valence-electron chi connectivity index (χ3n) is 3.81. The number of aromatic nitrogens is 2. The Bertz CT molecular complexity index is 425. The minimum atomic E-state index is 0.220. The third-order valence-corrected chi connectivity index (χ3v) is 3.81. The van der Waals surface area contributed by atoms with Crippen molar-refractivity contribution in [2.45, 2.75) is 39.8 Å². The van der Waals surface area contributed by atoms with Crippen LogP contribution in [-0.4, -0.2) is 58.3 Å². The van der Waals surface area contributed by atoms with Gasteiger partial charge in [-0.15, -0.1) is 0 Å². The molecule has 1 aliphatic heterocycles. The largest absolute Gasteiger partial charge is 0.395 e. The van der Waals surface area contributed by atoms with E-state index in [-0.39, 0.29) is 6.61 Å². The average Bonchev–Trinajstić information content (AvgIpc) is 2.36. The van der Waals surface area contributed by atoms with E-state index in [1.165, 1.54) is 0 Å². The summed E-state index contributed by atoms with van der Waals surface area (Å²) in [5.41, 5.74) is 1.94. The molecule has 2 atom stereocenters. The molecule has 0 radical (unpaired) electrons.